The number of carbonyl (C=O) groups excluding carboxylic acids is 1. The molecule has 0 saturated heterocycles. The van der Waals surface area contributed by atoms with Gasteiger partial charge in [-0.1, -0.05) is 17.7 Å². The van der Waals surface area contributed by atoms with Crippen molar-refractivity contribution in [2.24, 2.45) is 0 Å². The fourth-order valence-corrected chi connectivity index (χ4v) is 4.15. The molecule has 27 heavy (non-hydrogen) atoms. The number of aryl methyl sites for hydroxylation is 3. The lowest BCUT2D eigenvalue weighted by molar-refractivity contribution is -0.116. The lowest BCUT2D eigenvalue weighted by atomic mass is 10.1. The molecule has 2 aromatic carbocycles. The van der Waals surface area contributed by atoms with E-state index in [2.05, 4.69) is 5.32 Å². The van der Waals surface area contributed by atoms with Gasteiger partial charge < -0.3 is 10.1 Å². The molecular formula is C19H23FN2O4S. The summed E-state index contributed by atoms with van der Waals surface area (Å²) in [6.07, 6.45) is 0. The number of benzene rings is 2. The van der Waals surface area contributed by atoms with E-state index in [4.69, 9.17) is 4.74 Å². The molecular weight excluding hydrogens is 371 g/mol. The zero-order valence-corrected chi connectivity index (χ0v) is 16.8. The first-order valence-corrected chi connectivity index (χ1v) is 9.68. The normalized spacial score (nSPS) is 11.5. The molecule has 0 aliphatic rings. The predicted octanol–water partition coefficient (Wildman–Crippen LogP) is 3.02. The van der Waals surface area contributed by atoms with Crippen LogP contribution in [0.5, 0.6) is 5.75 Å². The minimum absolute atomic E-state index is 0.00822. The Morgan fingerprint density at radius 1 is 1.15 bits per heavy atom. The van der Waals surface area contributed by atoms with Crippen LogP contribution < -0.4 is 10.1 Å². The molecule has 146 valence electrons. The lowest BCUT2D eigenvalue weighted by Crippen LogP contribution is -2.35. The van der Waals surface area contributed by atoms with Crippen molar-refractivity contribution in [3.63, 3.8) is 0 Å². The Balaban J connectivity index is 2.23. The standard InChI is InChI=1S/C19H23FN2O4S/c1-12-8-13(2)19(14(3)9-12)21-18(23)11-22(4)27(24,25)17-10-15(20)6-7-16(17)26-5/h6-10H,11H2,1-5H3,(H,21,23). The molecule has 2 rings (SSSR count). The van der Waals surface area contributed by atoms with E-state index in [0.29, 0.717) is 5.69 Å². The smallest absolute Gasteiger partial charge is 0.247 e. The van der Waals surface area contributed by atoms with Gasteiger partial charge in [-0.05, 0) is 50.1 Å². The highest BCUT2D eigenvalue weighted by molar-refractivity contribution is 7.89. The monoisotopic (exact) mass is 394 g/mol. The van der Waals surface area contributed by atoms with Crippen LogP contribution in [0.25, 0.3) is 0 Å². The second-order valence-electron chi connectivity index (χ2n) is 6.38. The third-order valence-corrected chi connectivity index (χ3v) is 5.95. The molecule has 1 N–H and O–H groups in total. The van der Waals surface area contributed by atoms with Crippen molar-refractivity contribution < 1.29 is 22.3 Å². The van der Waals surface area contributed by atoms with Crippen LogP contribution in [-0.4, -0.2) is 39.3 Å². The third-order valence-electron chi connectivity index (χ3n) is 4.12. The molecule has 0 fully saturated rings. The number of methoxy groups -OCH3 is 1. The molecule has 0 atom stereocenters. The number of nitrogens with one attached hydrogen (secondary N) is 1. The summed E-state index contributed by atoms with van der Waals surface area (Å²) in [7, 11) is -1.56. The van der Waals surface area contributed by atoms with Gasteiger partial charge in [-0.3, -0.25) is 4.79 Å². The van der Waals surface area contributed by atoms with Gasteiger partial charge in [0.2, 0.25) is 15.9 Å². The van der Waals surface area contributed by atoms with E-state index in [1.165, 1.54) is 20.2 Å². The van der Waals surface area contributed by atoms with E-state index < -0.39 is 28.3 Å². The highest BCUT2D eigenvalue weighted by atomic mass is 32.2. The number of sulfonamides is 1. The Labute approximate surface area is 159 Å². The number of hydrogen-bond donors (Lipinski definition) is 1. The van der Waals surface area contributed by atoms with Crippen LogP contribution in [0.4, 0.5) is 10.1 Å². The summed E-state index contributed by atoms with van der Waals surface area (Å²) >= 11 is 0. The van der Waals surface area contributed by atoms with Gasteiger partial charge in [0.1, 0.15) is 16.5 Å². The molecule has 0 radical (unpaired) electrons. The van der Waals surface area contributed by atoms with Gasteiger partial charge in [-0.2, -0.15) is 4.31 Å². The number of ether oxygens (including phenoxy) is 1. The number of rotatable bonds is 6. The summed E-state index contributed by atoms with van der Waals surface area (Å²) in [5, 5.41) is 2.75. The maximum atomic E-state index is 13.5. The van der Waals surface area contributed by atoms with Gasteiger partial charge >= 0.3 is 0 Å². The van der Waals surface area contributed by atoms with Crippen LogP contribution in [0.3, 0.4) is 0 Å². The first-order chi connectivity index (χ1) is 12.6. The lowest BCUT2D eigenvalue weighted by Gasteiger charge is -2.19. The summed E-state index contributed by atoms with van der Waals surface area (Å²) in [5.74, 6) is -1.20. The number of carbonyl (C=O) groups is 1. The average Bonchev–Trinajstić information content (AvgIpc) is 2.57. The zero-order valence-electron chi connectivity index (χ0n) is 16.0. The molecule has 6 nitrogen and oxygen atoms in total. The first-order valence-electron chi connectivity index (χ1n) is 8.24. The van der Waals surface area contributed by atoms with E-state index in [0.717, 1.165) is 33.1 Å². The van der Waals surface area contributed by atoms with E-state index in [1.54, 1.807) is 0 Å². The van der Waals surface area contributed by atoms with E-state index in [-0.39, 0.29) is 10.6 Å². The Morgan fingerprint density at radius 2 is 1.74 bits per heavy atom. The maximum Gasteiger partial charge on any atom is 0.247 e. The summed E-state index contributed by atoms with van der Waals surface area (Å²) < 4.78 is 44.9. The molecule has 0 saturated carbocycles. The summed E-state index contributed by atoms with van der Waals surface area (Å²) in [5.41, 5.74) is 3.50. The summed E-state index contributed by atoms with van der Waals surface area (Å²) in [4.78, 5) is 12.1. The van der Waals surface area contributed by atoms with Crippen LogP contribution in [-0.2, 0) is 14.8 Å². The number of likely N-dealkylation sites (N-methyl/N-ethyl adjacent to an activating group) is 1. The minimum atomic E-state index is -4.11. The molecule has 0 spiro atoms. The first kappa shape index (κ1) is 20.9. The SMILES string of the molecule is COc1ccc(F)cc1S(=O)(=O)N(C)CC(=O)Nc1c(C)cc(C)cc1C. The van der Waals surface area contributed by atoms with Crippen LogP contribution in [0.2, 0.25) is 0 Å². The zero-order chi connectivity index (χ0) is 20.4. The molecule has 0 aliphatic heterocycles. The van der Waals surface area contributed by atoms with Gasteiger partial charge in [0.15, 0.2) is 0 Å². The van der Waals surface area contributed by atoms with Crippen molar-refractivity contribution in [2.75, 3.05) is 26.0 Å². The summed E-state index contributed by atoms with van der Waals surface area (Å²) in [6.45, 7) is 5.27. The Hall–Kier alpha value is -2.45. The fourth-order valence-electron chi connectivity index (χ4n) is 2.86. The van der Waals surface area contributed by atoms with Crippen LogP contribution in [0.15, 0.2) is 35.2 Å². The van der Waals surface area contributed by atoms with Crippen molar-refractivity contribution >= 4 is 21.6 Å². The minimum Gasteiger partial charge on any atom is -0.495 e. The van der Waals surface area contributed by atoms with Gasteiger partial charge in [0, 0.05) is 12.7 Å². The van der Waals surface area contributed by atoms with Crippen molar-refractivity contribution in [3.05, 3.63) is 52.8 Å². The van der Waals surface area contributed by atoms with Crippen molar-refractivity contribution in [1.82, 2.24) is 4.31 Å². The second kappa shape index (κ2) is 8.06. The van der Waals surface area contributed by atoms with E-state index >= 15 is 0 Å². The quantitative estimate of drug-likeness (QED) is 0.817. The molecule has 0 unspecified atom stereocenters. The molecule has 0 aliphatic carbocycles. The molecule has 0 heterocycles. The topological polar surface area (TPSA) is 75.7 Å². The van der Waals surface area contributed by atoms with Gasteiger partial charge in [0.05, 0.1) is 13.7 Å². The van der Waals surface area contributed by atoms with Crippen LogP contribution in [0.1, 0.15) is 16.7 Å². The Bertz CT molecular complexity index is 951. The highest BCUT2D eigenvalue weighted by Crippen LogP contribution is 2.27. The molecule has 8 heteroatoms. The maximum absolute atomic E-state index is 13.5. The predicted molar refractivity (Wildman–Crippen MR) is 102 cm³/mol. The van der Waals surface area contributed by atoms with Crippen molar-refractivity contribution in [2.45, 2.75) is 25.7 Å². The Kier molecular flexibility index (Phi) is 6.22. The molecule has 1 amide bonds. The van der Waals surface area contributed by atoms with Crippen LogP contribution >= 0.6 is 0 Å². The van der Waals surface area contributed by atoms with E-state index in [9.17, 15) is 17.6 Å². The number of amides is 1. The van der Waals surface area contributed by atoms with Gasteiger partial charge in [-0.15, -0.1) is 0 Å². The van der Waals surface area contributed by atoms with Gasteiger partial charge in [-0.25, -0.2) is 12.8 Å². The average molecular weight is 394 g/mol. The number of hydrogen-bond acceptors (Lipinski definition) is 4. The number of anilines is 1. The van der Waals surface area contributed by atoms with Crippen molar-refractivity contribution in [3.8, 4) is 5.75 Å². The van der Waals surface area contributed by atoms with Crippen LogP contribution in [0, 0.1) is 26.6 Å². The summed E-state index contributed by atoms with van der Waals surface area (Å²) in [6, 6.07) is 7.07. The fraction of sp³-hybridized carbons (Fsp3) is 0.316. The molecule has 0 bridgehead atoms. The van der Waals surface area contributed by atoms with E-state index in [1.807, 2.05) is 32.9 Å². The highest BCUT2D eigenvalue weighted by Gasteiger charge is 2.27. The second-order valence-corrected chi connectivity index (χ2v) is 8.39. The van der Waals surface area contributed by atoms with Gasteiger partial charge in [0.25, 0.3) is 0 Å². The largest absolute Gasteiger partial charge is 0.495 e. The Morgan fingerprint density at radius 3 is 2.30 bits per heavy atom. The number of halogens is 1. The number of nitrogens with zero attached hydrogens (tertiary/aromatic N) is 1. The molecule has 0 aromatic heterocycles. The van der Waals surface area contributed by atoms with Crippen molar-refractivity contribution in [1.29, 1.82) is 0 Å². The molecule has 2 aromatic rings. The third kappa shape index (κ3) is 4.64.